The van der Waals surface area contributed by atoms with Crippen molar-refractivity contribution in [3.63, 3.8) is 0 Å². The molecule has 2 aliphatic rings. The van der Waals surface area contributed by atoms with Gasteiger partial charge < -0.3 is 5.32 Å². The van der Waals surface area contributed by atoms with Crippen molar-refractivity contribution in [1.29, 1.82) is 0 Å². The van der Waals surface area contributed by atoms with E-state index in [4.69, 9.17) is 0 Å². The van der Waals surface area contributed by atoms with Gasteiger partial charge in [-0.15, -0.1) is 0 Å². The lowest BCUT2D eigenvalue weighted by atomic mass is 9.93. The van der Waals surface area contributed by atoms with Crippen LogP contribution in [0.25, 0.3) is 0 Å². The van der Waals surface area contributed by atoms with Crippen LogP contribution in [0.2, 0.25) is 0 Å². The van der Waals surface area contributed by atoms with Crippen LogP contribution in [-0.4, -0.2) is 37.1 Å². The van der Waals surface area contributed by atoms with Gasteiger partial charge in [-0.25, -0.2) is 0 Å². The molecular weight excluding hydrogens is 148 g/mol. The van der Waals surface area contributed by atoms with E-state index in [1.54, 1.807) is 0 Å². The molecule has 0 radical (unpaired) electrons. The minimum Gasteiger partial charge on any atom is -0.315 e. The predicted molar refractivity (Wildman–Crippen MR) is 51.2 cm³/mol. The van der Waals surface area contributed by atoms with Crippen molar-refractivity contribution in [2.24, 2.45) is 5.41 Å². The molecule has 2 heteroatoms. The van der Waals surface area contributed by atoms with Crippen LogP contribution >= 0.6 is 0 Å². The average Bonchev–Trinajstić information content (AvgIpc) is 2.55. The second kappa shape index (κ2) is 3.00. The predicted octanol–water partition coefficient (Wildman–Crippen LogP) is 1.08. The van der Waals surface area contributed by atoms with E-state index in [1.165, 1.54) is 39.0 Å². The Balaban J connectivity index is 1.90. The Bertz CT molecular complexity index is 159. The molecule has 1 unspecified atom stereocenters. The van der Waals surface area contributed by atoms with Crippen LogP contribution in [0.15, 0.2) is 0 Å². The van der Waals surface area contributed by atoms with Crippen LogP contribution in [0.1, 0.15) is 26.7 Å². The molecule has 1 N–H and O–H groups in total. The lowest BCUT2D eigenvalue weighted by Crippen LogP contribution is -2.35. The molecule has 2 heterocycles. The zero-order valence-corrected chi connectivity index (χ0v) is 8.27. The highest BCUT2D eigenvalue weighted by Crippen LogP contribution is 2.30. The molecule has 2 aliphatic heterocycles. The summed E-state index contributed by atoms with van der Waals surface area (Å²) in [5, 5.41) is 3.43. The van der Waals surface area contributed by atoms with Gasteiger partial charge in [0.2, 0.25) is 0 Å². The van der Waals surface area contributed by atoms with E-state index < -0.39 is 0 Å². The first-order valence-electron chi connectivity index (χ1n) is 5.12. The van der Waals surface area contributed by atoms with Crippen molar-refractivity contribution in [1.82, 2.24) is 10.2 Å². The van der Waals surface area contributed by atoms with Gasteiger partial charge in [0.25, 0.3) is 0 Å². The lowest BCUT2D eigenvalue weighted by Gasteiger charge is -2.24. The summed E-state index contributed by atoms with van der Waals surface area (Å²) >= 11 is 0. The number of hydrogen-bond acceptors (Lipinski definition) is 2. The van der Waals surface area contributed by atoms with Crippen molar-refractivity contribution in [3.05, 3.63) is 0 Å². The number of rotatable bonds is 1. The minimum atomic E-state index is 0.572. The number of hydrogen-bond donors (Lipinski definition) is 1. The van der Waals surface area contributed by atoms with E-state index in [1.807, 2.05) is 0 Å². The molecule has 2 saturated heterocycles. The van der Waals surface area contributed by atoms with Crippen LogP contribution in [0, 0.1) is 5.41 Å². The summed E-state index contributed by atoms with van der Waals surface area (Å²) in [6.45, 7) is 9.83. The molecule has 0 saturated carbocycles. The third-order valence-corrected chi connectivity index (χ3v) is 3.26. The highest BCUT2D eigenvalue weighted by atomic mass is 15.2. The molecule has 12 heavy (non-hydrogen) atoms. The van der Waals surface area contributed by atoms with Gasteiger partial charge in [-0.2, -0.15) is 0 Å². The second-order valence-electron chi connectivity index (χ2n) is 5.03. The Kier molecular flexibility index (Phi) is 2.13. The van der Waals surface area contributed by atoms with Crippen LogP contribution in [0.4, 0.5) is 0 Å². The van der Waals surface area contributed by atoms with Gasteiger partial charge in [0.05, 0.1) is 0 Å². The number of likely N-dealkylation sites (tertiary alicyclic amines) is 1. The Morgan fingerprint density at radius 3 is 2.75 bits per heavy atom. The van der Waals surface area contributed by atoms with E-state index in [0.29, 0.717) is 5.41 Å². The quantitative estimate of drug-likeness (QED) is 0.630. The summed E-state index contributed by atoms with van der Waals surface area (Å²) in [4.78, 5) is 2.67. The Morgan fingerprint density at radius 1 is 1.42 bits per heavy atom. The summed E-state index contributed by atoms with van der Waals surface area (Å²) in [5.41, 5.74) is 0.572. The maximum Gasteiger partial charge on any atom is 0.0232 e. The monoisotopic (exact) mass is 168 g/mol. The summed E-state index contributed by atoms with van der Waals surface area (Å²) < 4.78 is 0. The largest absolute Gasteiger partial charge is 0.315 e. The molecule has 0 amide bonds. The molecule has 0 aromatic heterocycles. The number of nitrogens with one attached hydrogen (secondary N) is 1. The van der Waals surface area contributed by atoms with Crippen LogP contribution in [0.3, 0.4) is 0 Å². The zero-order chi connectivity index (χ0) is 8.60. The van der Waals surface area contributed by atoms with E-state index >= 15 is 0 Å². The Labute approximate surface area is 75.3 Å². The fraction of sp³-hybridized carbons (Fsp3) is 1.00. The first kappa shape index (κ1) is 8.52. The molecule has 0 aromatic carbocycles. The molecular formula is C10H20N2. The Morgan fingerprint density at radius 2 is 2.25 bits per heavy atom. The molecule has 0 aromatic rings. The normalized spacial score (nSPS) is 36.0. The molecule has 1 atom stereocenters. The highest BCUT2D eigenvalue weighted by Gasteiger charge is 2.33. The molecule has 2 rings (SSSR count). The van der Waals surface area contributed by atoms with Crippen LogP contribution in [-0.2, 0) is 0 Å². The SMILES string of the molecule is CC1(C)CCN(C2CCNC2)C1. The van der Waals surface area contributed by atoms with Crippen molar-refractivity contribution in [2.45, 2.75) is 32.7 Å². The summed E-state index contributed by atoms with van der Waals surface area (Å²) in [6, 6.07) is 0.840. The summed E-state index contributed by atoms with van der Waals surface area (Å²) in [5.74, 6) is 0. The first-order valence-corrected chi connectivity index (χ1v) is 5.12. The zero-order valence-electron chi connectivity index (χ0n) is 8.27. The molecule has 2 nitrogen and oxygen atoms in total. The van der Waals surface area contributed by atoms with E-state index in [9.17, 15) is 0 Å². The molecule has 0 bridgehead atoms. The molecule has 70 valence electrons. The summed E-state index contributed by atoms with van der Waals surface area (Å²) in [6.07, 6.45) is 2.74. The first-order chi connectivity index (χ1) is 5.67. The molecule has 0 spiro atoms. The van der Waals surface area contributed by atoms with Gasteiger partial charge in [-0.05, 0) is 31.3 Å². The van der Waals surface area contributed by atoms with Gasteiger partial charge in [-0.1, -0.05) is 13.8 Å². The summed E-state index contributed by atoms with van der Waals surface area (Å²) in [7, 11) is 0. The van der Waals surface area contributed by atoms with Crippen LogP contribution < -0.4 is 5.32 Å². The van der Waals surface area contributed by atoms with Crippen molar-refractivity contribution >= 4 is 0 Å². The fourth-order valence-electron chi connectivity index (χ4n) is 2.42. The third kappa shape index (κ3) is 1.64. The molecule has 0 aliphatic carbocycles. The lowest BCUT2D eigenvalue weighted by molar-refractivity contribution is 0.229. The van der Waals surface area contributed by atoms with Gasteiger partial charge in [0, 0.05) is 19.1 Å². The second-order valence-corrected chi connectivity index (χ2v) is 5.03. The van der Waals surface area contributed by atoms with Crippen molar-refractivity contribution < 1.29 is 0 Å². The van der Waals surface area contributed by atoms with E-state index in [0.717, 1.165) is 6.04 Å². The third-order valence-electron chi connectivity index (χ3n) is 3.26. The van der Waals surface area contributed by atoms with Gasteiger partial charge in [0.1, 0.15) is 0 Å². The van der Waals surface area contributed by atoms with Crippen molar-refractivity contribution in [3.8, 4) is 0 Å². The average molecular weight is 168 g/mol. The van der Waals surface area contributed by atoms with E-state index in [2.05, 4.69) is 24.1 Å². The van der Waals surface area contributed by atoms with Gasteiger partial charge in [-0.3, -0.25) is 4.90 Å². The Hall–Kier alpha value is -0.0800. The van der Waals surface area contributed by atoms with E-state index in [-0.39, 0.29) is 0 Å². The van der Waals surface area contributed by atoms with Crippen LogP contribution in [0.5, 0.6) is 0 Å². The van der Waals surface area contributed by atoms with Crippen molar-refractivity contribution in [2.75, 3.05) is 26.2 Å². The maximum atomic E-state index is 3.43. The molecule has 2 fully saturated rings. The topological polar surface area (TPSA) is 15.3 Å². The fourth-order valence-corrected chi connectivity index (χ4v) is 2.42. The highest BCUT2D eigenvalue weighted by molar-refractivity contribution is 4.89. The minimum absolute atomic E-state index is 0.572. The number of nitrogens with zero attached hydrogens (tertiary/aromatic N) is 1. The van der Waals surface area contributed by atoms with Gasteiger partial charge in [0.15, 0.2) is 0 Å². The van der Waals surface area contributed by atoms with Gasteiger partial charge >= 0.3 is 0 Å². The maximum absolute atomic E-state index is 3.43. The standard InChI is InChI=1S/C10H20N2/c1-10(2)4-6-12(8-10)9-3-5-11-7-9/h9,11H,3-8H2,1-2H3. The smallest absolute Gasteiger partial charge is 0.0232 e.